The van der Waals surface area contributed by atoms with Gasteiger partial charge in [0.1, 0.15) is 11.9 Å². The molecule has 3 aromatic carbocycles. The van der Waals surface area contributed by atoms with Crippen molar-refractivity contribution in [3.05, 3.63) is 71.5 Å². The smallest absolute Gasteiger partial charge is 0.352 e. The lowest BCUT2D eigenvalue weighted by Crippen LogP contribution is -2.08. The van der Waals surface area contributed by atoms with E-state index < -0.39 is 6.36 Å². The molecule has 0 bridgehead atoms. The number of hydrogen-bond acceptors (Lipinski definition) is 1. The van der Waals surface area contributed by atoms with Gasteiger partial charge in [-0.05, 0) is 52.4 Å². The first-order valence-electron chi connectivity index (χ1n) is 8.44. The molecule has 27 heavy (non-hydrogen) atoms. The van der Waals surface area contributed by atoms with Crippen molar-refractivity contribution in [2.24, 2.45) is 0 Å². The number of fused-ring (bicyclic) bond motifs is 1. The van der Waals surface area contributed by atoms with Gasteiger partial charge in [0.05, 0.1) is 0 Å². The predicted molar refractivity (Wildman–Crippen MR) is 97.4 cm³/mol. The third kappa shape index (κ3) is 4.59. The van der Waals surface area contributed by atoms with Gasteiger partial charge in [0.25, 0.3) is 0 Å². The van der Waals surface area contributed by atoms with Crippen LogP contribution in [0.4, 0.5) is 17.6 Å². The van der Waals surface area contributed by atoms with E-state index in [1.165, 1.54) is 0 Å². The third-order valence-corrected chi connectivity index (χ3v) is 4.12. The van der Waals surface area contributed by atoms with Crippen LogP contribution in [0.25, 0.3) is 21.9 Å². The number of alkyl halides is 3. The molecule has 0 spiro atoms. The highest BCUT2D eigenvalue weighted by Gasteiger charge is 2.29. The Kier molecular flexibility index (Phi) is 5.36. The average molecular weight is 372 g/mol. The highest BCUT2D eigenvalue weighted by molar-refractivity contribution is 5.91. The monoisotopic (exact) mass is 372 g/mol. The van der Waals surface area contributed by atoms with Gasteiger partial charge < -0.3 is 4.74 Å². The molecule has 0 aliphatic rings. The molecule has 0 aliphatic carbocycles. The normalized spacial score (nSPS) is 11.1. The van der Waals surface area contributed by atoms with Crippen LogP contribution in [-0.2, 0) is 11.2 Å². The van der Waals surface area contributed by atoms with Gasteiger partial charge in [0, 0.05) is 11.1 Å². The molecule has 138 valence electrons. The molecule has 5 heteroatoms. The molecule has 0 aromatic heterocycles. The Hall–Kier alpha value is -3.00. The summed E-state index contributed by atoms with van der Waals surface area (Å²) in [5, 5.41) is 1.42. The molecular formula is C22H16F4O. The van der Waals surface area contributed by atoms with Crippen LogP contribution < -0.4 is 0 Å². The molecule has 3 aromatic rings. The van der Waals surface area contributed by atoms with Gasteiger partial charge >= 0.3 is 6.36 Å². The molecule has 1 nitrogen and oxygen atoms in total. The fourth-order valence-corrected chi connectivity index (χ4v) is 2.94. The summed E-state index contributed by atoms with van der Waals surface area (Å²) in [6.45, 7) is 2.04. The van der Waals surface area contributed by atoms with Crippen molar-refractivity contribution in [3.8, 4) is 23.2 Å². The molecule has 0 aliphatic heterocycles. The second-order valence-corrected chi connectivity index (χ2v) is 6.08. The van der Waals surface area contributed by atoms with Gasteiger partial charge in [-0.3, -0.25) is 0 Å². The molecule has 0 N–H and O–H groups in total. The maximum atomic E-state index is 14.5. The summed E-state index contributed by atoms with van der Waals surface area (Å²) in [4.78, 5) is 0. The van der Waals surface area contributed by atoms with Crippen molar-refractivity contribution < 1.29 is 22.3 Å². The number of rotatable bonds is 3. The quantitative estimate of drug-likeness (QED) is 0.379. The zero-order chi connectivity index (χ0) is 19.4. The molecule has 0 heterocycles. The Labute approximate surface area is 154 Å². The van der Waals surface area contributed by atoms with Crippen LogP contribution >= 0.6 is 0 Å². The number of ether oxygens (including phenoxy) is 1. The van der Waals surface area contributed by atoms with E-state index in [1.54, 1.807) is 54.6 Å². The SMILES string of the molecule is CCCc1ccc(-c2ccc3c(C#COC(F)(F)F)cccc3c2)c(F)c1. The minimum atomic E-state index is -4.80. The largest absolute Gasteiger partial charge is 0.581 e. The molecule has 0 saturated heterocycles. The first-order valence-corrected chi connectivity index (χ1v) is 8.44. The lowest BCUT2D eigenvalue weighted by Gasteiger charge is -2.08. The molecule has 0 saturated carbocycles. The molecule has 0 unspecified atom stereocenters. The molecule has 0 amide bonds. The molecule has 3 rings (SSSR count). The van der Waals surface area contributed by atoms with Crippen LogP contribution in [0.1, 0.15) is 24.5 Å². The lowest BCUT2D eigenvalue weighted by atomic mass is 9.97. The lowest BCUT2D eigenvalue weighted by molar-refractivity contribution is -0.291. The van der Waals surface area contributed by atoms with E-state index in [-0.39, 0.29) is 5.82 Å². The van der Waals surface area contributed by atoms with Gasteiger partial charge in [-0.15, -0.1) is 13.2 Å². The zero-order valence-corrected chi connectivity index (χ0v) is 14.5. The van der Waals surface area contributed by atoms with Crippen LogP contribution in [0.3, 0.4) is 0 Å². The van der Waals surface area contributed by atoms with E-state index in [4.69, 9.17) is 0 Å². The number of benzene rings is 3. The fraction of sp³-hybridized carbons (Fsp3) is 0.182. The Morgan fingerprint density at radius 1 is 1.00 bits per heavy atom. The molecule has 0 atom stereocenters. The van der Waals surface area contributed by atoms with E-state index in [0.29, 0.717) is 22.1 Å². The van der Waals surface area contributed by atoms with Crippen molar-refractivity contribution in [2.75, 3.05) is 0 Å². The summed E-state index contributed by atoms with van der Waals surface area (Å²) in [5.41, 5.74) is 2.53. The summed E-state index contributed by atoms with van der Waals surface area (Å²) in [7, 11) is 0. The van der Waals surface area contributed by atoms with Gasteiger partial charge in [0.15, 0.2) is 0 Å². The molecular weight excluding hydrogens is 356 g/mol. The van der Waals surface area contributed by atoms with Crippen LogP contribution in [-0.4, -0.2) is 6.36 Å². The first-order chi connectivity index (χ1) is 12.9. The van der Waals surface area contributed by atoms with E-state index in [0.717, 1.165) is 23.8 Å². The Balaban J connectivity index is 1.97. The Morgan fingerprint density at radius 2 is 1.81 bits per heavy atom. The maximum absolute atomic E-state index is 14.5. The highest BCUT2D eigenvalue weighted by Crippen LogP contribution is 2.29. The van der Waals surface area contributed by atoms with Gasteiger partial charge in [0.2, 0.25) is 0 Å². The summed E-state index contributed by atoms with van der Waals surface area (Å²) in [6.07, 6.45) is -1.37. The minimum Gasteiger partial charge on any atom is -0.352 e. The minimum absolute atomic E-state index is 0.296. The highest BCUT2D eigenvalue weighted by atomic mass is 19.4. The maximum Gasteiger partial charge on any atom is 0.581 e. The average Bonchev–Trinajstić information content (AvgIpc) is 2.61. The first kappa shape index (κ1) is 18.8. The molecule has 0 radical (unpaired) electrons. The Bertz CT molecular complexity index is 1030. The molecule has 0 fully saturated rings. The van der Waals surface area contributed by atoms with Crippen molar-refractivity contribution in [3.63, 3.8) is 0 Å². The van der Waals surface area contributed by atoms with Crippen LogP contribution in [0, 0.1) is 17.8 Å². The summed E-state index contributed by atoms with van der Waals surface area (Å²) < 4.78 is 54.2. The Morgan fingerprint density at radius 3 is 2.52 bits per heavy atom. The van der Waals surface area contributed by atoms with Crippen LogP contribution in [0.2, 0.25) is 0 Å². The second-order valence-electron chi connectivity index (χ2n) is 6.08. The number of hydrogen-bond donors (Lipinski definition) is 0. The van der Waals surface area contributed by atoms with E-state index >= 15 is 0 Å². The summed E-state index contributed by atoms with van der Waals surface area (Å²) in [6, 6.07) is 15.5. The van der Waals surface area contributed by atoms with E-state index in [1.807, 2.05) is 13.0 Å². The summed E-state index contributed by atoms with van der Waals surface area (Å²) in [5.74, 6) is 2.07. The topological polar surface area (TPSA) is 9.23 Å². The van der Waals surface area contributed by atoms with Gasteiger partial charge in [-0.2, -0.15) is 0 Å². The van der Waals surface area contributed by atoms with Gasteiger partial charge in [-0.25, -0.2) is 4.39 Å². The van der Waals surface area contributed by atoms with Gasteiger partial charge in [-0.1, -0.05) is 49.7 Å². The van der Waals surface area contributed by atoms with E-state index in [9.17, 15) is 17.6 Å². The second kappa shape index (κ2) is 7.71. The number of aryl methyl sites for hydroxylation is 1. The third-order valence-electron chi connectivity index (χ3n) is 4.12. The van der Waals surface area contributed by atoms with Crippen molar-refractivity contribution in [1.82, 2.24) is 0 Å². The van der Waals surface area contributed by atoms with E-state index in [2.05, 4.69) is 10.7 Å². The van der Waals surface area contributed by atoms with Crippen molar-refractivity contribution in [2.45, 2.75) is 26.1 Å². The fourth-order valence-electron chi connectivity index (χ4n) is 2.94. The van der Waals surface area contributed by atoms with Crippen molar-refractivity contribution in [1.29, 1.82) is 0 Å². The van der Waals surface area contributed by atoms with Crippen molar-refractivity contribution >= 4 is 10.8 Å². The standard InChI is InChI=1S/C22H16F4O/c1-2-4-15-7-9-20(21(23)13-15)18-8-10-19-16(5-3-6-17(19)14-18)11-12-27-22(24,25)26/h3,5-10,13-14H,2,4H2,1H3. The summed E-state index contributed by atoms with van der Waals surface area (Å²) >= 11 is 0. The number of halogens is 4. The zero-order valence-electron chi connectivity index (χ0n) is 14.5. The predicted octanol–water partition coefficient (Wildman–Crippen LogP) is 6.44. The van der Waals surface area contributed by atoms with Crippen LogP contribution in [0.15, 0.2) is 54.6 Å². The van der Waals surface area contributed by atoms with Crippen LogP contribution in [0.5, 0.6) is 0 Å².